The van der Waals surface area contributed by atoms with Gasteiger partial charge in [-0.1, -0.05) is 0 Å². The summed E-state index contributed by atoms with van der Waals surface area (Å²) in [5, 5.41) is 0. The predicted octanol–water partition coefficient (Wildman–Crippen LogP) is 0.840. The molecular weight excluding hydrogens is 274 g/mol. The van der Waals surface area contributed by atoms with E-state index in [1.54, 1.807) is 25.3 Å². The summed E-state index contributed by atoms with van der Waals surface area (Å²) in [4.78, 5) is 17.0. The zero-order valence-electron chi connectivity index (χ0n) is 12.3. The van der Waals surface area contributed by atoms with E-state index in [9.17, 15) is 4.79 Å². The third-order valence-corrected chi connectivity index (χ3v) is 3.17. The lowest BCUT2D eigenvalue weighted by Gasteiger charge is -2.14. The summed E-state index contributed by atoms with van der Waals surface area (Å²) < 4.78 is 15.8. The number of ether oxygens (including phenoxy) is 3. The van der Waals surface area contributed by atoms with Gasteiger partial charge in [-0.25, -0.2) is 0 Å². The smallest absolute Gasteiger partial charge is 0.296 e. The summed E-state index contributed by atoms with van der Waals surface area (Å²) in [6.07, 6.45) is 1.65. The Morgan fingerprint density at radius 3 is 2.14 bits per heavy atom. The second-order valence-electron chi connectivity index (χ2n) is 4.31. The van der Waals surface area contributed by atoms with Crippen LogP contribution in [0.25, 0.3) is 6.08 Å². The number of carbonyl (C=O) groups is 1. The standard InChI is InChI=1S/C14H17N3O4/c1-17-9(13(18)16-14(17)15)5-8-6-11(20-3)12(21-4)7-10(8)19-2/h5-7H,1-4H3,(H2,15,16,18)/b9-5+. The Hall–Kier alpha value is -2.70. The average molecular weight is 291 g/mol. The van der Waals surface area contributed by atoms with Gasteiger partial charge in [0.25, 0.3) is 5.91 Å². The Morgan fingerprint density at radius 2 is 1.67 bits per heavy atom. The molecule has 0 radical (unpaired) electrons. The minimum Gasteiger partial charge on any atom is -0.496 e. The number of nitrogens with zero attached hydrogens (tertiary/aromatic N) is 2. The van der Waals surface area contributed by atoms with Gasteiger partial charge in [-0.2, -0.15) is 4.99 Å². The van der Waals surface area contributed by atoms with Gasteiger partial charge in [-0.3, -0.25) is 4.79 Å². The van der Waals surface area contributed by atoms with Gasteiger partial charge in [0.05, 0.1) is 21.3 Å². The lowest BCUT2D eigenvalue weighted by molar-refractivity contribution is -0.114. The molecule has 0 aromatic heterocycles. The number of hydrogen-bond acceptors (Lipinski definition) is 6. The summed E-state index contributed by atoms with van der Waals surface area (Å²) in [5.41, 5.74) is 6.64. The maximum absolute atomic E-state index is 11.8. The molecule has 1 aliphatic heterocycles. The predicted molar refractivity (Wildman–Crippen MR) is 78.5 cm³/mol. The Kier molecular flexibility index (Phi) is 4.02. The van der Waals surface area contributed by atoms with Gasteiger partial charge >= 0.3 is 0 Å². The van der Waals surface area contributed by atoms with Crippen molar-refractivity contribution in [1.29, 1.82) is 0 Å². The molecule has 0 bridgehead atoms. The first-order chi connectivity index (χ1) is 10.0. The van der Waals surface area contributed by atoms with Crippen molar-refractivity contribution < 1.29 is 19.0 Å². The largest absolute Gasteiger partial charge is 0.496 e. The topological polar surface area (TPSA) is 86.4 Å². The van der Waals surface area contributed by atoms with Crippen molar-refractivity contribution in [3.63, 3.8) is 0 Å². The Morgan fingerprint density at radius 1 is 1.10 bits per heavy atom. The summed E-state index contributed by atoms with van der Waals surface area (Å²) in [7, 11) is 6.28. The summed E-state index contributed by atoms with van der Waals surface area (Å²) in [5.74, 6) is 1.38. The molecule has 0 aliphatic carbocycles. The van der Waals surface area contributed by atoms with Crippen LogP contribution in [0.1, 0.15) is 5.56 Å². The number of methoxy groups -OCH3 is 3. The second-order valence-corrected chi connectivity index (χ2v) is 4.31. The van der Waals surface area contributed by atoms with Crippen molar-refractivity contribution in [2.45, 2.75) is 0 Å². The van der Waals surface area contributed by atoms with Crippen LogP contribution in [0.2, 0.25) is 0 Å². The SMILES string of the molecule is COc1cc(OC)c(OC)cc1/C=C1\C(=O)N=C(N)N1C. The van der Waals surface area contributed by atoms with E-state index < -0.39 is 5.91 Å². The van der Waals surface area contributed by atoms with Crippen LogP contribution in [0.5, 0.6) is 17.2 Å². The molecule has 0 spiro atoms. The second kappa shape index (κ2) is 5.74. The first kappa shape index (κ1) is 14.7. The lowest BCUT2D eigenvalue weighted by atomic mass is 10.1. The Balaban J connectivity index is 2.51. The van der Waals surface area contributed by atoms with Crippen molar-refractivity contribution in [2.24, 2.45) is 10.7 Å². The van der Waals surface area contributed by atoms with Gasteiger partial charge in [0.1, 0.15) is 11.4 Å². The van der Waals surface area contributed by atoms with Crippen LogP contribution in [0, 0.1) is 0 Å². The molecule has 0 saturated heterocycles. The maximum Gasteiger partial charge on any atom is 0.296 e. The summed E-state index contributed by atoms with van der Waals surface area (Å²) in [6.45, 7) is 0. The van der Waals surface area contributed by atoms with Crippen LogP contribution in [0.4, 0.5) is 0 Å². The van der Waals surface area contributed by atoms with Crippen LogP contribution in [0.3, 0.4) is 0 Å². The van der Waals surface area contributed by atoms with Gasteiger partial charge in [0.2, 0.25) is 5.96 Å². The van der Waals surface area contributed by atoms with E-state index in [2.05, 4.69) is 4.99 Å². The van der Waals surface area contributed by atoms with E-state index >= 15 is 0 Å². The number of likely N-dealkylation sites (N-methyl/N-ethyl adjacent to an activating group) is 1. The van der Waals surface area contributed by atoms with Gasteiger partial charge in [0.15, 0.2) is 11.5 Å². The van der Waals surface area contributed by atoms with Crippen LogP contribution >= 0.6 is 0 Å². The van der Waals surface area contributed by atoms with Crippen LogP contribution in [-0.4, -0.2) is 45.1 Å². The zero-order chi connectivity index (χ0) is 15.6. The number of benzene rings is 1. The average Bonchev–Trinajstić information content (AvgIpc) is 2.73. The molecule has 1 amide bonds. The fraction of sp³-hybridized carbons (Fsp3) is 0.286. The maximum atomic E-state index is 11.8. The van der Waals surface area contributed by atoms with Crippen molar-refractivity contribution in [3.05, 3.63) is 23.4 Å². The van der Waals surface area contributed by atoms with E-state index in [1.165, 1.54) is 26.2 Å². The molecule has 0 atom stereocenters. The Labute approximate surface area is 122 Å². The molecule has 1 aliphatic rings. The third kappa shape index (κ3) is 2.62. The van der Waals surface area contributed by atoms with Crippen LogP contribution in [0.15, 0.2) is 22.8 Å². The van der Waals surface area contributed by atoms with E-state index in [4.69, 9.17) is 19.9 Å². The molecule has 1 heterocycles. The number of guanidine groups is 1. The van der Waals surface area contributed by atoms with Crippen molar-refractivity contribution in [1.82, 2.24) is 4.90 Å². The molecule has 112 valence electrons. The van der Waals surface area contributed by atoms with Gasteiger partial charge in [-0.05, 0) is 12.1 Å². The lowest BCUT2D eigenvalue weighted by Crippen LogP contribution is -2.28. The number of nitrogens with two attached hydrogens (primary N) is 1. The molecule has 0 saturated carbocycles. The number of rotatable bonds is 4. The van der Waals surface area contributed by atoms with Crippen molar-refractivity contribution in [3.8, 4) is 17.2 Å². The monoisotopic (exact) mass is 291 g/mol. The number of amides is 1. The normalized spacial score (nSPS) is 16.2. The number of hydrogen-bond donors (Lipinski definition) is 1. The summed E-state index contributed by atoms with van der Waals surface area (Å²) >= 11 is 0. The molecule has 0 unspecified atom stereocenters. The molecule has 2 rings (SSSR count). The molecule has 1 aromatic carbocycles. The first-order valence-corrected chi connectivity index (χ1v) is 6.15. The third-order valence-electron chi connectivity index (χ3n) is 3.17. The molecule has 0 fully saturated rings. The quantitative estimate of drug-likeness (QED) is 0.827. The minimum absolute atomic E-state index is 0.158. The molecule has 21 heavy (non-hydrogen) atoms. The van der Waals surface area contributed by atoms with Gasteiger partial charge in [-0.15, -0.1) is 0 Å². The minimum atomic E-state index is -0.396. The molecule has 1 aromatic rings. The van der Waals surface area contributed by atoms with Crippen molar-refractivity contribution in [2.75, 3.05) is 28.4 Å². The zero-order valence-corrected chi connectivity index (χ0v) is 12.3. The molecule has 2 N–H and O–H groups in total. The Bertz CT molecular complexity index is 637. The van der Waals surface area contributed by atoms with E-state index in [1.807, 2.05) is 0 Å². The van der Waals surface area contributed by atoms with E-state index in [0.717, 1.165) is 0 Å². The highest BCUT2D eigenvalue weighted by atomic mass is 16.5. The van der Waals surface area contributed by atoms with Gasteiger partial charge < -0.3 is 24.8 Å². The number of aliphatic imine (C=N–C) groups is 1. The molecule has 7 heteroatoms. The van der Waals surface area contributed by atoms with E-state index in [-0.39, 0.29) is 5.96 Å². The highest BCUT2D eigenvalue weighted by Gasteiger charge is 2.25. The highest BCUT2D eigenvalue weighted by molar-refractivity contribution is 6.12. The fourth-order valence-corrected chi connectivity index (χ4v) is 1.97. The molecular formula is C14H17N3O4. The number of carbonyl (C=O) groups excluding carboxylic acids is 1. The van der Waals surface area contributed by atoms with Crippen LogP contribution < -0.4 is 19.9 Å². The van der Waals surface area contributed by atoms with E-state index in [0.29, 0.717) is 28.5 Å². The van der Waals surface area contributed by atoms with Crippen molar-refractivity contribution >= 4 is 17.9 Å². The summed E-state index contributed by atoms with van der Waals surface area (Å²) in [6, 6.07) is 3.41. The van der Waals surface area contributed by atoms with Gasteiger partial charge in [0, 0.05) is 18.7 Å². The molecule has 7 nitrogen and oxygen atoms in total. The first-order valence-electron chi connectivity index (χ1n) is 6.15. The highest BCUT2D eigenvalue weighted by Crippen LogP contribution is 2.36. The fourth-order valence-electron chi connectivity index (χ4n) is 1.97. The van der Waals surface area contributed by atoms with Crippen LogP contribution in [-0.2, 0) is 4.79 Å².